The Morgan fingerprint density at radius 2 is 2.07 bits per heavy atom. The van der Waals surface area contributed by atoms with E-state index in [2.05, 4.69) is 15.5 Å². The van der Waals surface area contributed by atoms with E-state index in [1.807, 2.05) is 36.9 Å². The summed E-state index contributed by atoms with van der Waals surface area (Å²) in [5, 5.41) is 9.82. The number of piperidine rings is 1. The van der Waals surface area contributed by atoms with Gasteiger partial charge >= 0.3 is 0 Å². The number of hydrogen-bond acceptors (Lipinski definition) is 4. The predicted octanol–water partition coefficient (Wildman–Crippen LogP) is 2.77. The number of benzene rings is 1. The van der Waals surface area contributed by atoms with Crippen LogP contribution in [0.4, 0.5) is 5.69 Å². The molecule has 27 heavy (non-hydrogen) atoms. The SMILES string of the molecule is CC(=O)Nc1cn[nH]c1[C@H]1CCCN(C(=O)COc2c(C)cccc2C)C1. The van der Waals surface area contributed by atoms with Crippen molar-refractivity contribution in [2.24, 2.45) is 0 Å². The van der Waals surface area contributed by atoms with Gasteiger partial charge in [-0.3, -0.25) is 14.7 Å². The highest BCUT2D eigenvalue weighted by Gasteiger charge is 2.28. The van der Waals surface area contributed by atoms with Gasteiger partial charge in [0.15, 0.2) is 6.61 Å². The molecule has 2 aromatic rings. The number of hydrogen-bond donors (Lipinski definition) is 2. The summed E-state index contributed by atoms with van der Waals surface area (Å²) in [5.74, 6) is 0.736. The Bertz CT molecular complexity index is 810. The topological polar surface area (TPSA) is 87.3 Å². The average molecular weight is 370 g/mol. The number of H-pyrrole nitrogens is 1. The lowest BCUT2D eigenvalue weighted by Gasteiger charge is -2.32. The molecule has 1 aliphatic rings. The van der Waals surface area contributed by atoms with Crippen molar-refractivity contribution in [1.82, 2.24) is 15.1 Å². The number of para-hydroxylation sites is 1. The third kappa shape index (κ3) is 4.48. The molecule has 1 saturated heterocycles. The van der Waals surface area contributed by atoms with Gasteiger partial charge in [-0.25, -0.2) is 0 Å². The van der Waals surface area contributed by atoms with Crippen LogP contribution in [0.5, 0.6) is 5.75 Å². The van der Waals surface area contributed by atoms with E-state index in [4.69, 9.17) is 4.74 Å². The molecule has 1 fully saturated rings. The maximum Gasteiger partial charge on any atom is 0.260 e. The summed E-state index contributed by atoms with van der Waals surface area (Å²) >= 11 is 0. The number of nitrogens with zero attached hydrogens (tertiary/aromatic N) is 2. The molecular formula is C20H26N4O3. The fraction of sp³-hybridized carbons (Fsp3) is 0.450. The molecule has 2 N–H and O–H groups in total. The van der Waals surface area contributed by atoms with Gasteiger partial charge in [-0.2, -0.15) is 5.10 Å². The minimum absolute atomic E-state index is 0.0251. The molecule has 1 atom stereocenters. The second kappa shape index (κ2) is 8.24. The zero-order valence-corrected chi connectivity index (χ0v) is 16.0. The highest BCUT2D eigenvalue weighted by atomic mass is 16.5. The van der Waals surface area contributed by atoms with E-state index in [0.717, 1.165) is 42.0 Å². The number of ether oxygens (including phenoxy) is 1. The first-order valence-corrected chi connectivity index (χ1v) is 9.23. The third-order valence-electron chi connectivity index (χ3n) is 4.91. The number of carbonyl (C=O) groups excluding carboxylic acids is 2. The van der Waals surface area contributed by atoms with Crippen molar-refractivity contribution in [3.63, 3.8) is 0 Å². The number of likely N-dealkylation sites (tertiary alicyclic amines) is 1. The molecule has 7 nitrogen and oxygen atoms in total. The van der Waals surface area contributed by atoms with E-state index < -0.39 is 0 Å². The van der Waals surface area contributed by atoms with Crippen LogP contribution in [0.25, 0.3) is 0 Å². The van der Waals surface area contributed by atoms with Crippen LogP contribution in [0.15, 0.2) is 24.4 Å². The van der Waals surface area contributed by atoms with E-state index in [9.17, 15) is 9.59 Å². The van der Waals surface area contributed by atoms with Gasteiger partial charge in [-0.15, -0.1) is 0 Å². The maximum atomic E-state index is 12.7. The maximum absolute atomic E-state index is 12.7. The van der Waals surface area contributed by atoms with Crippen LogP contribution >= 0.6 is 0 Å². The number of anilines is 1. The van der Waals surface area contributed by atoms with Gasteiger partial charge in [0, 0.05) is 25.9 Å². The minimum Gasteiger partial charge on any atom is -0.483 e. The van der Waals surface area contributed by atoms with Crippen molar-refractivity contribution in [2.45, 2.75) is 39.5 Å². The van der Waals surface area contributed by atoms with E-state index in [0.29, 0.717) is 12.2 Å². The fourth-order valence-electron chi connectivity index (χ4n) is 3.59. The van der Waals surface area contributed by atoms with Gasteiger partial charge in [0.05, 0.1) is 17.6 Å². The molecule has 1 aromatic heterocycles. The van der Waals surface area contributed by atoms with Crippen molar-refractivity contribution in [3.05, 3.63) is 41.2 Å². The van der Waals surface area contributed by atoms with Crippen molar-refractivity contribution in [1.29, 1.82) is 0 Å². The summed E-state index contributed by atoms with van der Waals surface area (Å²) in [4.78, 5) is 25.9. The lowest BCUT2D eigenvalue weighted by molar-refractivity contribution is -0.134. The molecule has 0 spiro atoms. The first-order valence-electron chi connectivity index (χ1n) is 9.23. The molecular weight excluding hydrogens is 344 g/mol. The fourth-order valence-corrected chi connectivity index (χ4v) is 3.59. The predicted molar refractivity (Wildman–Crippen MR) is 103 cm³/mol. The number of aromatic nitrogens is 2. The normalized spacial score (nSPS) is 16.9. The number of aryl methyl sites for hydroxylation is 2. The Morgan fingerprint density at radius 1 is 1.33 bits per heavy atom. The highest BCUT2D eigenvalue weighted by molar-refractivity contribution is 5.89. The van der Waals surface area contributed by atoms with E-state index in [-0.39, 0.29) is 24.3 Å². The Kier molecular flexibility index (Phi) is 5.78. The molecule has 1 aromatic carbocycles. The van der Waals surface area contributed by atoms with Gasteiger partial charge in [-0.05, 0) is 37.8 Å². The molecule has 7 heteroatoms. The average Bonchev–Trinajstić information content (AvgIpc) is 3.08. The summed E-state index contributed by atoms with van der Waals surface area (Å²) in [6, 6.07) is 5.93. The summed E-state index contributed by atoms with van der Waals surface area (Å²) < 4.78 is 5.82. The molecule has 2 heterocycles. The molecule has 2 amide bonds. The van der Waals surface area contributed by atoms with Crippen LogP contribution in [-0.4, -0.2) is 46.6 Å². The molecule has 3 rings (SSSR count). The van der Waals surface area contributed by atoms with Crippen LogP contribution in [0.2, 0.25) is 0 Å². The second-order valence-corrected chi connectivity index (χ2v) is 7.07. The second-order valence-electron chi connectivity index (χ2n) is 7.07. The summed E-state index contributed by atoms with van der Waals surface area (Å²) in [6.45, 7) is 6.76. The number of rotatable bonds is 5. The van der Waals surface area contributed by atoms with Crippen molar-refractivity contribution in [3.8, 4) is 5.75 Å². The van der Waals surface area contributed by atoms with Gasteiger partial charge in [-0.1, -0.05) is 18.2 Å². The Hall–Kier alpha value is -2.83. The summed E-state index contributed by atoms with van der Waals surface area (Å²) in [6.07, 6.45) is 3.45. The van der Waals surface area contributed by atoms with Crippen LogP contribution in [0.1, 0.15) is 42.5 Å². The molecule has 0 unspecified atom stereocenters. The molecule has 144 valence electrons. The first-order chi connectivity index (χ1) is 13.0. The largest absolute Gasteiger partial charge is 0.483 e. The van der Waals surface area contributed by atoms with Crippen LogP contribution in [0.3, 0.4) is 0 Å². The molecule has 0 aliphatic carbocycles. The Labute approximate surface area is 159 Å². The molecule has 1 aliphatic heterocycles. The number of nitrogens with one attached hydrogen (secondary N) is 2. The summed E-state index contributed by atoms with van der Waals surface area (Å²) in [5.41, 5.74) is 3.61. The highest BCUT2D eigenvalue weighted by Crippen LogP contribution is 2.30. The Morgan fingerprint density at radius 3 is 2.78 bits per heavy atom. The van der Waals surface area contributed by atoms with Crippen molar-refractivity contribution < 1.29 is 14.3 Å². The smallest absolute Gasteiger partial charge is 0.260 e. The molecule has 0 radical (unpaired) electrons. The zero-order chi connectivity index (χ0) is 19.4. The standard InChI is InChI=1S/C20H26N4O3/c1-13-6-4-7-14(2)20(13)27-12-18(26)24-9-5-8-16(11-24)19-17(10-21-23-19)22-15(3)25/h4,6-7,10,16H,5,8-9,11-12H2,1-3H3,(H,21,23)(H,22,25)/t16-/m0/s1. The molecule has 0 saturated carbocycles. The lowest BCUT2D eigenvalue weighted by Crippen LogP contribution is -2.41. The number of carbonyl (C=O) groups is 2. The van der Waals surface area contributed by atoms with E-state index in [1.165, 1.54) is 6.92 Å². The van der Waals surface area contributed by atoms with Crippen LogP contribution in [0, 0.1) is 13.8 Å². The van der Waals surface area contributed by atoms with E-state index in [1.54, 1.807) is 6.20 Å². The van der Waals surface area contributed by atoms with Gasteiger partial charge in [0.2, 0.25) is 5.91 Å². The van der Waals surface area contributed by atoms with Gasteiger partial charge in [0.25, 0.3) is 5.91 Å². The van der Waals surface area contributed by atoms with Gasteiger partial charge < -0.3 is 15.0 Å². The third-order valence-corrected chi connectivity index (χ3v) is 4.91. The minimum atomic E-state index is -0.136. The van der Waals surface area contributed by atoms with Crippen LogP contribution < -0.4 is 10.1 Å². The monoisotopic (exact) mass is 370 g/mol. The Balaban J connectivity index is 1.63. The summed E-state index contributed by atoms with van der Waals surface area (Å²) in [7, 11) is 0. The zero-order valence-electron chi connectivity index (χ0n) is 16.0. The van der Waals surface area contributed by atoms with Crippen LogP contribution in [-0.2, 0) is 9.59 Å². The van der Waals surface area contributed by atoms with E-state index >= 15 is 0 Å². The first kappa shape index (κ1) is 18.9. The van der Waals surface area contributed by atoms with Crippen molar-refractivity contribution in [2.75, 3.05) is 25.0 Å². The quantitative estimate of drug-likeness (QED) is 0.847. The number of amides is 2. The lowest BCUT2D eigenvalue weighted by atomic mass is 9.94. The molecule has 0 bridgehead atoms. The number of aromatic amines is 1. The van der Waals surface area contributed by atoms with Crippen molar-refractivity contribution >= 4 is 17.5 Å². The van der Waals surface area contributed by atoms with Gasteiger partial charge in [0.1, 0.15) is 5.75 Å².